The standard InChI is InChI=1S/C9H9N3O2/c1-14-8-3-7-5(2-6(8)10)9(13)12-4-11-7/h2-5H,10H2,1H3. The fraction of sp³-hybridized carbons (Fsp3) is 0.222. The van der Waals surface area contributed by atoms with E-state index in [1.54, 1.807) is 12.2 Å². The molecule has 0 fully saturated rings. The summed E-state index contributed by atoms with van der Waals surface area (Å²) in [6.45, 7) is 0. The van der Waals surface area contributed by atoms with E-state index in [0.717, 1.165) is 0 Å². The van der Waals surface area contributed by atoms with Crippen molar-refractivity contribution in [3.63, 3.8) is 0 Å². The molecule has 14 heavy (non-hydrogen) atoms. The summed E-state index contributed by atoms with van der Waals surface area (Å²) in [5, 5.41) is 0. The van der Waals surface area contributed by atoms with Crippen molar-refractivity contribution in [1.29, 1.82) is 0 Å². The number of amides is 1. The first-order chi connectivity index (χ1) is 6.72. The first-order valence-corrected chi connectivity index (χ1v) is 4.10. The van der Waals surface area contributed by atoms with Crippen molar-refractivity contribution in [3.8, 4) is 0 Å². The molecule has 0 spiro atoms. The van der Waals surface area contributed by atoms with Crippen LogP contribution < -0.4 is 5.73 Å². The largest absolute Gasteiger partial charge is 0.495 e. The van der Waals surface area contributed by atoms with Crippen LogP contribution in [0, 0.1) is 5.92 Å². The number of carbonyl (C=O) groups is 1. The van der Waals surface area contributed by atoms with Crippen LogP contribution in [0.15, 0.2) is 33.6 Å². The molecule has 2 N–H and O–H groups in total. The number of allylic oxidation sites excluding steroid dienone is 1. The maximum atomic E-state index is 11.3. The molecule has 1 aliphatic heterocycles. The molecule has 1 amide bonds. The molecule has 0 saturated carbocycles. The third-order valence-corrected chi connectivity index (χ3v) is 2.11. The molecule has 1 heterocycles. The Morgan fingerprint density at radius 1 is 1.57 bits per heavy atom. The Hall–Kier alpha value is -1.91. The van der Waals surface area contributed by atoms with Crippen molar-refractivity contribution >= 4 is 18.0 Å². The van der Waals surface area contributed by atoms with E-state index in [4.69, 9.17) is 10.5 Å². The number of hydrogen-bond donors (Lipinski definition) is 1. The van der Waals surface area contributed by atoms with Gasteiger partial charge in [-0.3, -0.25) is 4.79 Å². The van der Waals surface area contributed by atoms with Gasteiger partial charge in [0.1, 0.15) is 18.0 Å². The number of fused-ring (bicyclic) bond motifs is 1. The van der Waals surface area contributed by atoms with Gasteiger partial charge in [-0.25, -0.2) is 9.98 Å². The molecule has 1 unspecified atom stereocenters. The van der Waals surface area contributed by atoms with Crippen molar-refractivity contribution < 1.29 is 9.53 Å². The van der Waals surface area contributed by atoms with Crippen molar-refractivity contribution in [1.82, 2.24) is 0 Å². The van der Waals surface area contributed by atoms with Gasteiger partial charge in [0, 0.05) is 6.08 Å². The van der Waals surface area contributed by atoms with Gasteiger partial charge in [0.2, 0.25) is 0 Å². The molecule has 2 aliphatic rings. The van der Waals surface area contributed by atoms with Crippen molar-refractivity contribution in [3.05, 3.63) is 23.6 Å². The normalized spacial score (nSPS) is 24.8. The van der Waals surface area contributed by atoms with E-state index in [-0.39, 0.29) is 5.91 Å². The lowest BCUT2D eigenvalue weighted by Gasteiger charge is -2.19. The van der Waals surface area contributed by atoms with Crippen LogP contribution in [0.4, 0.5) is 0 Å². The topological polar surface area (TPSA) is 77.0 Å². The molecule has 0 saturated heterocycles. The zero-order chi connectivity index (χ0) is 10.1. The number of rotatable bonds is 1. The number of aliphatic imine (C=N–C) groups is 2. The van der Waals surface area contributed by atoms with Crippen LogP contribution in [0.1, 0.15) is 0 Å². The summed E-state index contributed by atoms with van der Waals surface area (Å²) in [5.41, 5.74) is 6.73. The lowest BCUT2D eigenvalue weighted by Crippen LogP contribution is -2.28. The maximum Gasteiger partial charge on any atom is 0.260 e. The highest BCUT2D eigenvalue weighted by molar-refractivity contribution is 6.18. The highest BCUT2D eigenvalue weighted by Gasteiger charge is 2.27. The predicted molar refractivity (Wildman–Crippen MR) is 51.8 cm³/mol. The number of nitrogens with zero attached hydrogens (tertiary/aromatic N) is 2. The quantitative estimate of drug-likeness (QED) is 0.633. The van der Waals surface area contributed by atoms with Crippen molar-refractivity contribution in [2.45, 2.75) is 0 Å². The summed E-state index contributed by atoms with van der Waals surface area (Å²) < 4.78 is 5.02. The fourth-order valence-corrected chi connectivity index (χ4v) is 1.38. The molecule has 5 heteroatoms. The summed E-state index contributed by atoms with van der Waals surface area (Å²) in [5.74, 6) is -0.161. The second-order valence-corrected chi connectivity index (χ2v) is 2.95. The third kappa shape index (κ3) is 1.22. The monoisotopic (exact) mass is 191 g/mol. The summed E-state index contributed by atoms with van der Waals surface area (Å²) in [6, 6.07) is 0. The van der Waals surface area contributed by atoms with Crippen LogP contribution in [-0.4, -0.2) is 25.1 Å². The zero-order valence-corrected chi connectivity index (χ0v) is 7.60. The SMILES string of the molecule is COC1=CC2=NC=NC(=O)C2C=C1N. The summed E-state index contributed by atoms with van der Waals surface area (Å²) >= 11 is 0. The van der Waals surface area contributed by atoms with Crippen LogP contribution in [-0.2, 0) is 9.53 Å². The smallest absolute Gasteiger partial charge is 0.260 e. The summed E-state index contributed by atoms with van der Waals surface area (Å²) in [7, 11) is 1.52. The molecule has 0 aromatic carbocycles. The van der Waals surface area contributed by atoms with E-state index in [0.29, 0.717) is 17.2 Å². The Bertz CT molecular complexity index is 404. The molecule has 72 valence electrons. The number of nitrogens with two attached hydrogens (primary N) is 1. The number of hydrogen-bond acceptors (Lipinski definition) is 4. The van der Waals surface area contributed by atoms with E-state index in [2.05, 4.69) is 9.98 Å². The van der Waals surface area contributed by atoms with Crippen molar-refractivity contribution in [2.24, 2.45) is 21.6 Å². The van der Waals surface area contributed by atoms with Crippen LogP contribution in [0.5, 0.6) is 0 Å². The highest BCUT2D eigenvalue weighted by atomic mass is 16.5. The van der Waals surface area contributed by atoms with Gasteiger partial charge in [0.15, 0.2) is 0 Å². The minimum atomic E-state index is -0.445. The predicted octanol–water partition coefficient (Wildman–Crippen LogP) is -0.00140. The van der Waals surface area contributed by atoms with Gasteiger partial charge in [-0.1, -0.05) is 0 Å². The summed E-state index contributed by atoms with van der Waals surface area (Å²) in [4.78, 5) is 18.9. The van der Waals surface area contributed by atoms with Gasteiger partial charge in [-0.15, -0.1) is 0 Å². The molecular weight excluding hydrogens is 182 g/mol. The van der Waals surface area contributed by atoms with Crippen LogP contribution >= 0.6 is 0 Å². The summed E-state index contributed by atoms with van der Waals surface area (Å²) in [6.07, 6.45) is 4.51. The van der Waals surface area contributed by atoms with Crippen molar-refractivity contribution in [2.75, 3.05) is 7.11 Å². The van der Waals surface area contributed by atoms with Gasteiger partial charge in [0.05, 0.1) is 18.5 Å². The van der Waals surface area contributed by atoms with E-state index < -0.39 is 5.92 Å². The Morgan fingerprint density at radius 3 is 3.07 bits per heavy atom. The van der Waals surface area contributed by atoms with Crippen LogP contribution in [0.2, 0.25) is 0 Å². The van der Waals surface area contributed by atoms with Gasteiger partial charge >= 0.3 is 0 Å². The lowest BCUT2D eigenvalue weighted by atomic mass is 9.94. The van der Waals surface area contributed by atoms with E-state index in [1.807, 2.05) is 0 Å². The van der Waals surface area contributed by atoms with Gasteiger partial charge in [0.25, 0.3) is 5.91 Å². The highest BCUT2D eigenvalue weighted by Crippen LogP contribution is 2.21. The molecule has 0 bridgehead atoms. The molecule has 2 rings (SSSR count). The van der Waals surface area contributed by atoms with Gasteiger partial charge < -0.3 is 10.5 Å². The molecule has 0 radical (unpaired) electrons. The Labute approximate surface area is 80.7 Å². The minimum Gasteiger partial charge on any atom is -0.495 e. The maximum absolute atomic E-state index is 11.3. The molecular formula is C9H9N3O2. The number of methoxy groups -OCH3 is 1. The Morgan fingerprint density at radius 2 is 2.36 bits per heavy atom. The number of carbonyl (C=O) groups excluding carboxylic acids is 1. The molecule has 1 atom stereocenters. The van der Waals surface area contributed by atoms with E-state index >= 15 is 0 Å². The Kier molecular flexibility index (Phi) is 1.92. The van der Waals surface area contributed by atoms with E-state index in [9.17, 15) is 4.79 Å². The van der Waals surface area contributed by atoms with E-state index in [1.165, 1.54) is 13.4 Å². The number of ether oxygens (including phenoxy) is 1. The van der Waals surface area contributed by atoms with Crippen LogP contribution in [0.25, 0.3) is 0 Å². The molecule has 0 aromatic rings. The second kappa shape index (κ2) is 3.10. The Balaban J connectivity index is 2.43. The molecule has 0 aromatic heterocycles. The average molecular weight is 191 g/mol. The van der Waals surface area contributed by atoms with Crippen LogP contribution in [0.3, 0.4) is 0 Å². The lowest BCUT2D eigenvalue weighted by molar-refractivity contribution is -0.118. The first kappa shape index (κ1) is 8.68. The third-order valence-electron chi connectivity index (χ3n) is 2.11. The average Bonchev–Trinajstić information content (AvgIpc) is 2.19. The first-order valence-electron chi connectivity index (χ1n) is 4.10. The van der Waals surface area contributed by atoms with Gasteiger partial charge in [-0.2, -0.15) is 0 Å². The fourth-order valence-electron chi connectivity index (χ4n) is 1.38. The molecule has 5 nitrogen and oxygen atoms in total. The minimum absolute atomic E-state index is 0.246. The zero-order valence-electron chi connectivity index (χ0n) is 7.60. The second-order valence-electron chi connectivity index (χ2n) is 2.95. The van der Waals surface area contributed by atoms with Gasteiger partial charge in [-0.05, 0) is 6.08 Å². The molecule has 1 aliphatic carbocycles.